The van der Waals surface area contributed by atoms with Crippen LogP contribution in [0.2, 0.25) is 0 Å². The molecular weight excluding hydrogens is 484 g/mol. The van der Waals surface area contributed by atoms with E-state index in [2.05, 4.69) is 37.6 Å². The zero-order valence-electron chi connectivity index (χ0n) is 21.2. The van der Waals surface area contributed by atoms with Gasteiger partial charge in [-0.25, -0.2) is 18.7 Å². The summed E-state index contributed by atoms with van der Waals surface area (Å²) in [5.74, 6) is 0.799. The highest BCUT2D eigenvalue weighted by Gasteiger charge is 2.35. The predicted octanol–water partition coefficient (Wildman–Crippen LogP) is 3.50. The van der Waals surface area contributed by atoms with Gasteiger partial charge in [0, 0.05) is 31.1 Å². The maximum Gasteiger partial charge on any atom is 0.256 e. The number of carbonyl (C=O) groups excluding carboxylic acids is 1. The van der Waals surface area contributed by atoms with Gasteiger partial charge < -0.3 is 26.0 Å². The van der Waals surface area contributed by atoms with Crippen molar-refractivity contribution in [2.45, 2.75) is 65.0 Å². The number of halogens is 2. The lowest BCUT2D eigenvalue weighted by atomic mass is 9.75. The Bertz CT molecular complexity index is 1440. The zero-order chi connectivity index (χ0) is 26.9. The molecule has 5 N–H and O–H groups in total. The number of nitrogen functional groups attached to an aromatic ring is 1. The second-order valence-electron chi connectivity index (χ2n) is 9.11. The van der Waals surface area contributed by atoms with Crippen molar-refractivity contribution < 1.29 is 18.7 Å². The average molecular weight is 516 g/mol. The number of imidazole rings is 1. The third kappa shape index (κ3) is 5.11. The molecule has 198 valence electrons. The van der Waals surface area contributed by atoms with E-state index in [-0.39, 0.29) is 23.3 Å². The van der Waals surface area contributed by atoms with Gasteiger partial charge in [0.1, 0.15) is 16.9 Å². The third-order valence-corrected chi connectivity index (χ3v) is 6.66. The van der Waals surface area contributed by atoms with Crippen molar-refractivity contribution >= 4 is 34.4 Å². The predicted molar refractivity (Wildman–Crippen MR) is 137 cm³/mol. The van der Waals surface area contributed by atoms with Gasteiger partial charge in [0.15, 0.2) is 11.5 Å². The summed E-state index contributed by atoms with van der Waals surface area (Å²) in [6.45, 7) is 4.88. The number of aromatic nitrogens is 6. The molecule has 1 saturated carbocycles. The maximum atomic E-state index is 12.9. The molecule has 1 aliphatic rings. The number of aryl methyl sites for hydroxylation is 1. The van der Waals surface area contributed by atoms with Crippen LogP contribution in [0.25, 0.3) is 27.9 Å². The van der Waals surface area contributed by atoms with Crippen LogP contribution in [0.5, 0.6) is 5.88 Å². The highest BCUT2D eigenvalue weighted by atomic mass is 19.3. The van der Waals surface area contributed by atoms with Gasteiger partial charge >= 0.3 is 0 Å². The van der Waals surface area contributed by atoms with Crippen LogP contribution in [-0.4, -0.2) is 59.2 Å². The number of nitrogens with two attached hydrogens (primary N) is 1. The van der Waals surface area contributed by atoms with Gasteiger partial charge in [-0.1, -0.05) is 6.92 Å². The SMILES string of the molecule is CCC1(NC(C)=O)CCC1.CNc1nc(N)nn2c(O)cc(-c3ccc4nc(C)n(CC(F)F)c4n3)c12. The number of alkyl halides is 2. The first-order valence-corrected chi connectivity index (χ1v) is 12.0. The largest absolute Gasteiger partial charge is 0.493 e. The molecule has 5 rings (SSSR count). The van der Waals surface area contributed by atoms with E-state index in [0.717, 1.165) is 6.42 Å². The molecule has 0 unspecified atom stereocenters. The number of fused-ring (bicyclic) bond motifs is 2. The van der Waals surface area contributed by atoms with Crippen LogP contribution in [0.15, 0.2) is 18.2 Å². The lowest BCUT2D eigenvalue weighted by Crippen LogP contribution is -2.52. The minimum absolute atomic E-state index is 0.0154. The smallest absolute Gasteiger partial charge is 0.256 e. The molecule has 4 aromatic heterocycles. The zero-order valence-corrected chi connectivity index (χ0v) is 21.2. The molecule has 4 heterocycles. The summed E-state index contributed by atoms with van der Waals surface area (Å²) in [6, 6.07) is 4.87. The summed E-state index contributed by atoms with van der Waals surface area (Å²) in [4.78, 5) is 23.6. The summed E-state index contributed by atoms with van der Waals surface area (Å²) >= 11 is 0. The molecular formula is C24H31F2N9O2. The number of rotatable bonds is 6. The summed E-state index contributed by atoms with van der Waals surface area (Å²) < 4.78 is 28.5. The number of nitrogens with zero attached hydrogens (tertiary/aromatic N) is 6. The topological polar surface area (TPSA) is 148 Å². The van der Waals surface area contributed by atoms with E-state index in [1.165, 1.54) is 34.4 Å². The lowest BCUT2D eigenvalue weighted by molar-refractivity contribution is -0.122. The van der Waals surface area contributed by atoms with Crippen LogP contribution in [0.4, 0.5) is 20.5 Å². The Balaban J connectivity index is 0.000000270. The number of hydrogen-bond donors (Lipinski definition) is 4. The standard InChI is InChI=1S/C16H16F2N8O.C8H15NO/c1-7-21-10-4-3-9(22-15(10)25(7)6-11(17)18)8-5-12(27)26-13(8)14(20-2)23-16(19)24-26;1-3-8(5-4-6-8)9-7(2)10/h3-5,11,27H,6H2,1-2H3,(H3,19,20,23,24);3-6H2,1-2H3,(H,9,10). The average Bonchev–Trinajstić information content (AvgIpc) is 3.31. The van der Waals surface area contributed by atoms with Crippen molar-refractivity contribution in [3.05, 3.63) is 24.0 Å². The molecule has 1 aliphatic carbocycles. The van der Waals surface area contributed by atoms with Crippen LogP contribution in [0.3, 0.4) is 0 Å². The van der Waals surface area contributed by atoms with Crippen molar-refractivity contribution in [2.24, 2.45) is 0 Å². The van der Waals surface area contributed by atoms with E-state index in [1.807, 2.05) is 0 Å². The summed E-state index contributed by atoms with van der Waals surface area (Å²) in [5, 5.41) is 20.1. The van der Waals surface area contributed by atoms with Gasteiger partial charge in [0.2, 0.25) is 17.7 Å². The number of aromatic hydroxyl groups is 1. The molecule has 13 heteroatoms. The number of pyridine rings is 1. The molecule has 0 spiro atoms. The second kappa shape index (κ2) is 10.1. The number of hydrogen-bond acceptors (Lipinski definition) is 8. The molecule has 0 atom stereocenters. The Kier molecular flexibility index (Phi) is 7.14. The lowest BCUT2D eigenvalue weighted by Gasteiger charge is -2.41. The van der Waals surface area contributed by atoms with Gasteiger partial charge in [0.25, 0.3) is 6.43 Å². The molecule has 1 fully saturated rings. The van der Waals surface area contributed by atoms with Crippen molar-refractivity contribution in [1.82, 2.24) is 34.4 Å². The molecule has 11 nitrogen and oxygen atoms in total. The van der Waals surface area contributed by atoms with E-state index < -0.39 is 13.0 Å². The highest BCUT2D eigenvalue weighted by molar-refractivity contribution is 5.90. The van der Waals surface area contributed by atoms with E-state index in [1.54, 1.807) is 33.0 Å². The van der Waals surface area contributed by atoms with Gasteiger partial charge in [-0.2, -0.15) is 9.50 Å². The fourth-order valence-electron chi connectivity index (χ4n) is 4.64. The van der Waals surface area contributed by atoms with Gasteiger partial charge in [-0.05, 0) is 44.7 Å². The monoisotopic (exact) mass is 515 g/mol. The van der Waals surface area contributed by atoms with Gasteiger partial charge in [-0.3, -0.25) is 4.79 Å². The minimum atomic E-state index is -2.53. The van der Waals surface area contributed by atoms with Crippen LogP contribution in [0.1, 0.15) is 45.4 Å². The van der Waals surface area contributed by atoms with E-state index >= 15 is 0 Å². The number of nitrogens with one attached hydrogen (secondary N) is 2. The van der Waals surface area contributed by atoms with E-state index in [0.29, 0.717) is 39.6 Å². The molecule has 37 heavy (non-hydrogen) atoms. The quantitative estimate of drug-likeness (QED) is 0.305. The van der Waals surface area contributed by atoms with Crippen molar-refractivity contribution in [3.8, 4) is 17.1 Å². The van der Waals surface area contributed by atoms with Crippen LogP contribution >= 0.6 is 0 Å². The Labute approximate surface area is 212 Å². The molecule has 0 saturated heterocycles. The Hall–Kier alpha value is -4.03. The molecule has 0 aliphatic heterocycles. The first-order valence-electron chi connectivity index (χ1n) is 12.0. The number of carbonyl (C=O) groups is 1. The Morgan fingerprint density at radius 1 is 1.27 bits per heavy atom. The first-order chi connectivity index (χ1) is 17.6. The molecule has 0 bridgehead atoms. The van der Waals surface area contributed by atoms with Gasteiger partial charge in [-0.15, -0.1) is 5.10 Å². The van der Waals surface area contributed by atoms with Crippen LogP contribution in [-0.2, 0) is 11.3 Å². The third-order valence-electron chi connectivity index (χ3n) is 6.66. The first kappa shape index (κ1) is 26.0. The van der Waals surface area contributed by atoms with Crippen molar-refractivity contribution in [2.75, 3.05) is 18.1 Å². The normalized spacial score (nSPS) is 14.4. The minimum Gasteiger partial charge on any atom is -0.493 e. The van der Waals surface area contributed by atoms with E-state index in [9.17, 15) is 18.7 Å². The summed E-state index contributed by atoms with van der Waals surface area (Å²) in [7, 11) is 1.66. The Morgan fingerprint density at radius 2 is 2.00 bits per heavy atom. The Morgan fingerprint density at radius 3 is 2.54 bits per heavy atom. The number of anilines is 2. The molecule has 1 amide bonds. The summed E-state index contributed by atoms with van der Waals surface area (Å²) in [6.07, 6.45) is 2.16. The van der Waals surface area contributed by atoms with Crippen LogP contribution in [0, 0.1) is 6.92 Å². The van der Waals surface area contributed by atoms with Crippen molar-refractivity contribution in [1.29, 1.82) is 0 Å². The summed E-state index contributed by atoms with van der Waals surface area (Å²) in [5.41, 5.74) is 8.16. The molecule has 4 aromatic rings. The fraction of sp³-hybridized carbons (Fsp3) is 0.458. The maximum absolute atomic E-state index is 12.9. The molecule has 0 radical (unpaired) electrons. The second-order valence-corrected chi connectivity index (χ2v) is 9.11. The van der Waals surface area contributed by atoms with Crippen LogP contribution < -0.4 is 16.4 Å². The molecule has 0 aromatic carbocycles. The van der Waals surface area contributed by atoms with Crippen molar-refractivity contribution in [3.63, 3.8) is 0 Å². The highest BCUT2D eigenvalue weighted by Crippen LogP contribution is 2.35. The fourth-order valence-corrected chi connectivity index (χ4v) is 4.64. The van der Waals surface area contributed by atoms with E-state index in [4.69, 9.17) is 5.73 Å². The number of amides is 1. The van der Waals surface area contributed by atoms with Gasteiger partial charge in [0.05, 0.1) is 12.2 Å².